The summed E-state index contributed by atoms with van der Waals surface area (Å²) in [7, 11) is 0. The van der Waals surface area contributed by atoms with Gasteiger partial charge in [-0.2, -0.15) is 0 Å². The molecule has 2 rings (SSSR count). The zero-order valence-electron chi connectivity index (χ0n) is 8.64. The second kappa shape index (κ2) is 4.57. The van der Waals surface area contributed by atoms with Gasteiger partial charge in [-0.05, 0) is 24.3 Å². The van der Waals surface area contributed by atoms with Gasteiger partial charge in [0.2, 0.25) is 5.91 Å². The molecule has 5 heteroatoms. The van der Waals surface area contributed by atoms with E-state index in [4.69, 9.17) is 0 Å². The first kappa shape index (κ1) is 11.0. The smallest absolute Gasteiger partial charge is 0.254 e. The van der Waals surface area contributed by atoms with Crippen molar-refractivity contribution in [1.82, 2.24) is 10.2 Å². The number of amides is 2. The normalized spacial score (nSPS) is 15.8. The van der Waals surface area contributed by atoms with Gasteiger partial charge in [0.1, 0.15) is 0 Å². The van der Waals surface area contributed by atoms with Crippen LogP contribution in [0, 0.1) is 0 Å². The zero-order chi connectivity index (χ0) is 11.5. The fourth-order valence-electron chi connectivity index (χ4n) is 1.60. The van der Waals surface area contributed by atoms with Crippen LogP contribution in [-0.2, 0) is 4.79 Å². The minimum Gasteiger partial charge on any atom is -0.353 e. The molecule has 1 aliphatic rings. The Labute approximate surface area is 99.0 Å². The van der Waals surface area contributed by atoms with E-state index in [2.05, 4.69) is 17.9 Å². The Hall–Kier alpha value is -1.49. The molecule has 0 radical (unpaired) electrons. The minimum atomic E-state index is -0.108. The number of benzene rings is 1. The van der Waals surface area contributed by atoms with Crippen LogP contribution in [0.25, 0.3) is 0 Å². The highest BCUT2D eigenvalue weighted by atomic mass is 32.1. The number of hydrogen-bond acceptors (Lipinski definition) is 3. The first-order valence-electron chi connectivity index (χ1n) is 5.02. The van der Waals surface area contributed by atoms with Crippen LogP contribution in [0.1, 0.15) is 10.4 Å². The number of thiol groups is 1. The van der Waals surface area contributed by atoms with Gasteiger partial charge in [0.15, 0.2) is 0 Å². The van der Waals surface area contributed by atoms with Crippen LogP contribution in [0.5, 0.6) is 0 Å². The minimum absolute atomic E-state index is 0.106. The van der Waals surface area contributed by atoms with Crippen molar-refractivity contribution in [2.24, 2.45) is 0 Å². The van der Waals surface area contributed by atoms with Crippen molar-refractivity contribution < 1.29 is 9.59 Å². The standard InChI is InChI=1S/C11H12N2O2S/c14-10-7-13(6-5-12-10)11(15)8-1-3-9(16)4-2-8/h1-4,16H,5-7H2,(H,12,14). The second-order valence-corrected chi connectivity index (χ2v) is 4.14. The lowest BCUT2D eigenvalue weighted by Gasteiger charge is -2.26. The lowest BCUT2D eigenvalue weighted by molar-refractivity contribution is -0.123. The molecule has 1 aromatic rings. The van der Waals surface area contributed by atoms with Crippen molar-refractivity contribution in [2.75, 3.05) is 19.6 Å². The maximum absolute atomic E-state index is 12.0. The molecular formula is C11H12N2O2S. The van der Waals surface area contributed by atoms with Crippen LogP contribution < -0.4 is 5.32 Å². The van der Waals surface area contributed by atoms with Crippen LogP contribution in [0.15, 0.2) is 29.2 Å². The van der Waals surface area contributed by atoms with Crippen molar-refractivity contribution in [3.05, 3.63) is 29.8 Å². The first-order chi connectivity index (χ1) is 7.66. The number of nitrogens with one attached hydrogen (secondary N) is 1. The molecule has 1 heterocycles. The highest BCUT2D eigenvalue weighted by molar-refractivity contribution is 7.80. The summed E-state index contributed by atoms with van der Waals surface area (Å²) in [5, 5.41) is 2.68. The fourth-order valence-corrected chi connectivity index (χ4v) is 1.75. The zero-order valence-corrected chi connectivity index (χ0v) is 9.54. The van der Waals surface area contributed by atoms with E-state index < -0.39 is 0 Å². The van der Waals surface area contributed by atoms with Crippen molar-refractivity contribution in [2.45, 2.75) is 4.90 Å². The number of rotatable bonds is 1. The van der Waals surface area contributed by atoms with E-state index in [-0.39, 0.29) is 18.4 Å². The lowest BCUT2D eigenvalue weighted by atomic mass is 10.2. The van der Waals surface area contributed by atoms with Gasteiger partial charge in [-0.25, -0.2) is 0 Å². The number of carbonyl (C=O) groups excluding carboxylic acids is 2. The summed E-state index contributed by atoms with van der Waals surface area (Å²) < 4.78 is 0. The predicted molar refractivity (Wildman–Crippen MR) is 62.6 cm³/mol. The molecule has 1 saturated heterocycles. The number of hydrogen-bond donors (Lipinski definition) is 2. The van der Waals surface area contributed by atoms with Crippen LogP contribution in [0.4, 0.5) is 0 Å². The summed E-state index contributed by atoms with van der Waals surface area (Å²) >= 11 is 4.15. The molecule has 16 heavy (non-hydrogen) atoms. The summed E-state index contributed by atoms with van der Waals surface area (Å²) in [5.41, 5.74) is 0.590. The van der Waals surface area contributed by atoms with Gasteiger partial charge in [-0.3, -0.25) is 9.59 Å². The Kier molecular flexibility index (Phi) is 3.14. The summed E-state index contributed by atoms with van der Waals surface area (Å²) in [4.78, 5) is 25.5. The number of carbonyl (C=O) groups is 2. The van der Waals surface area contributed by atoms with E-state index in [1.165, 1.54) is 0 Å². The SMILES string of the molecule is O=C1CN(C(=O)c2ccc(S)cc2)CCN1. The molecule has 1 fully saturated rings. The molecule has 0 spiro atoms. The van der Waals surface area contributed by atoms with Crippen LogP contribution >= 0.6 is 12.6 Å². The van der Waals surface area contributed by atoms with E-state index in [0.29, 0.717) is 18.7 Å². The molecule has 1 aromatic carbocycles. The van der Waals surface area contributed by atoms with Gasteiger partial charge in [0, 0.05) is 23.5 Å². The van der Waals surface area contributed by atoms with E-state index in [0.717, 1.165) is 4.90 Å². The maximum atomic E-state index is 12.0. The topological polar surface area (TPSA) is 49.4 Å². The summed E-state index contributed by atoms with van der Waals surface area (Å²) in [6.45, 7) is 1.23. The molecule has 0 bridgehead atoms. The molecule has 0 saturated carbocycles. The number of piperazine rings is 1. The Morgan fingerprint density at radius 2 is 2.00 bits per heavy atom. The largest absolute Gasteiger partial charge is 0.353 e. The van der Waals surface area contributed by atoms with Gasteiger partial charge in [0.25, 0.3) is 5.91 Å². The first-order valence-corrected chi connectivity index (χ1v) is 5.46. The molecule has 1 aliphatic heterocycles. The molecule has 0 aromatic heterocycles. The summed E-state index contributed by atoms with van der Waals surface area (Å²) in [5.74, 6) is -0.214. The average Bonchev–Trinajstić information content (AvgIpc) is 2.29. The van der Waals surface area contributed by atoms with E-state index in [1.807, 2.05) is 0 Å². The highest BCUT2D eigenvalue weighted by Gasteiger charge is 2.21. The fraction of sp³-hybridized carbons (Fsp3) is 0.273. The third-order valence-electron chi connectivity index (χ3n) is 2.44. The third kappa shape index (κ3) is 2.36. The van der Waals surface area contributed by atoms with E-state index in [9.17, 15) is 9.59 Å². The predicted octanol–water partition coefficient (Wildman–Crippen LogP) is 0.547. The van der Waals surface area contributed by atoms with Crippen LogP contribution in [-0.4, -0.2) is 36.3 Å². The highest BCUT2D eigenvalue weighted by Crippen LogP contribution is 2.10. The monoisotopic (exact) mass is 236 g/mol. The van der Waals surface area contributed by atoms with Gasteiger partial charge >= 0.3 is 0 Å². The lowest BCUT2D eigenvalue weighted by Crippen LogP contribution is -2.49. The Morgan fingerprint density at radius 3 is 2.62 bits per heavy atom. The Morgan fingerprint density at radius 1 is 1.31 bits per heavy atom. The van der Waals surface area contributed by atoms with Crippen molar-refractivity contribution in [1.29, 1.82) is 0 Å². The van der Waals surface area contributed by atoms with E-state index >= 15 is 0 Å². The molecule has 84 valence electrons. The molecule has 2 amide bonds. The number of nitrogens with zero attached hydrogens (tertiary/aromatic N) is 1. The molecule has 4 nitrogen and oxygen atoms in total. The van der Waals surface area contributed by atoms with Gasteiger partial charge in [-0.1, -0.05) is 0 Å². The Balaban J connectivity index is 2.12. The van der Waals surface area contributed by atoms with E-state index in [1.54, 1.807) is 29.2 Å². The van der Waals surface area contributed by atoms with Crippen molar-refractivity contribution >= 4 is 24.4 Å². The molecule has 0 aliphatic carbocycles. The third-order valence-corrected chi connectivity index (χ3v) is 2.74. The van der Waals surface area contributed by atoms with Crippen molar-refractivity contribution in [3.63, 3.8) is 0 Å². The van der Waals surface area contributed by atoms with Crippen LogP contribution in [0.3, 0.4) is 0 Å². The summed E-state index contributed by atoms with van der Waals surface area (Å²) in [6.07, 6.45) is 0. The molecular weight excluding hydrogens is 224 g/mol. The average molecular weight is 236 g/mol. The second-order valence-electron chi connectivity index (χ2n) is 3.62. The molecule has 0 atom stereocenters. The Bertz CT molecular complexity index is 416. The van der Waals surface area contributed by atoms with Gasteiger partial charge in [0.05, 0.1) is 6.54 Å². The maximum Gasteiger partial charge on any atom is 0.254 e. The molecule has 1 N–H and O–H groups in total. The van der Waals surface area contributed by atoms with Gasteiger partial charge in [-0.15, -0.1) is 12.6 Å². The van der Waals surface area contributed by atoms with Gasteiger partial charge < -0.3 is 10.2 Å². The quantitative estimate of drug-likeness (QED) is 0.699. The summed E-state index contributed by atoms with van der Waals surface area (Å²) in [6, 6.07) is 6.97. The van der Waals surface area contributed by atoms with Crippen LogP contribution in [0.2, 0.25) is 0 Å². The van der Waals surface area contributed by atoms with Crippen molar-refractivity contribution in [3.8, 4) is 0 Å². The molecule has 0 unspecified atom stereocenters.